The summed E-state index contributed by atoms with van der Waals surface area (Å²) in [4.78, 5) is 10.1. The van der Waals surface area contributed by atoms with Gasteiger partial charge in [0.25, 0.3) is 5.69 Å². The predicted molar refractivity (Wildman–Crippen MR) is 74.9 cm³/mol. The third kappa shape index (κ3) is 3.10. The third-order valence-corrected chi connectivity index (χ3v) is 3.43. The molecule has 5 atom stereocenters. The second-order valence-corrected chi connectivity index (χ2v) is 4.92. The molecule has 2 rings (SSSR count). The summed E-state index contributed by atoms with van der Waals surface area (Å²) in [6.45, 7) is -0.550. The van der Waals surface area contributed by atoms with Crippen LogP contribution in [0.4, 0.5) is 17.1 Å². The number of nitrogens with one attached hydrogen (secondary N) is 1. The van der Waals surface area contributed by atoms with E-state index in [1.807, 2.05) is 0 Å². The molecular formula is C12H17N3O7. The van der Waals surface area contributed by atoms with Crippen molar-refractivity contribution < 1.29 is 30.1 Å². The van der Waals surface area contributed by atoms with E-state index in [0.717, 1.165) is 0 Å². The Labute approximate surface area is 124 Å². The van der Waals surface area contributed by atoms with Crippen molar-refractivity contribution in [2.45, 2.75) is 30.6 Å². The lowest BCUT2D eigenvalue weighted by Gasteiger charge is -2.40. The number of hydrogen-bond acceptors (Lipinski definition) is 9. The van der Waals surface area contributed by atoms with E-state index in [4.69, 9.17) is 15.6 Å². The lowest BCUT2D eigenvalue weighted by molar-refractivity contribution is -0.383. The number of nitro groups is 1. The van der Waals surface area contributed by atoms with E-state index in [-0.39, 0.29) is 11.4 Å². The Morgan fingerprint density at radius 2 is 1.95 bits per heavy atom. The van der Waals surface area contributed by atoms with E-state index in [1.54, 1.807) is 0 Å². The SMILES string of the molecule is Nc1cc(N[C@@H]2O[C@@H](CO)[C@@H](O)[C@@H](O)[C@@H]2O)ccc1[N+](=O)[O-]. The summed E-state index contributed by atoms with van der Waals surface area (Å²) >= 11 is 0. The van der Waals surface area contributed by atoms with E-state index in [1.165, 1.54) is 18.2 Å². The molecule has 122 valence electrons. The van der Waals surface area contributed by atoms with Crippen LogP contribution in [0.5, 0.6) is 0 Å². The number of ether oxygens (including phenoxy) is 1. The molecule has 0 saturated carbocycles. The third-order valence-electron chi connectivity index (χ3n) is 3.43. The maximum atomic E-state index is 10.7. The molecule has 1 aliphatic rings. The number of anilines is 2. The summed E-state index contributed by atoms with van der Waals surface area (Å²) < 4.78 is 5.26. The van der Waals surface area contributed by atoms with Gasteiger partial charge in [0.2, 0.25) is 0 Å². The van der Waals surface area contributed by atoms with Gasteiger partial charge in [-0.15, -0.1) is 0 Å². The molecule has 10 nitrogen and oxygen atoms in total. The normalized spacial score (nSPS) is 31.7. The molecule has 0 unspecified atom stereocenters. The summed E-state index contributed by atoms with van der Waals surface area (Å²) in [5, 5.41) is 51.7. The average molecular weight is 315 g/mol. The largest absolute Gasteiger partial charge is 0.394 e. The number of benzene rings is 1. The zero-order chi connectivity index (χ0) is 16.4. The first kappa shape index (κ1) is 16.4. The van der Waals surface area contributed by atoms with Crippen molar-refractivity contribution in [2.75, 3.05) is 17.7 Å². The van der Waals surface area contributed by atoms with Crippen LogP contribution in [0.15, 0.2) is 18.2 Å². The molecule has 0 bridgehead atoms. The lowest BCUT2D eigenvalue weighted by atomic mass is 9.98. The van der Waals surface area contributed by atoms with Gasteiger partial charge in [-0.1, -0.05) is 0 Å². The van der Waals surface area contributed by atoms with Crippen LogP contribution in [0.25, 0.3) is 0 Å². The maximum Gasteiger partial charge on any atom is 0.292 e. The first-order chi connectivity index (χ1) is 10.3. The molecule has 1 aromatic carbocycles. The molecule has 0 amide bonds. The molecule has 0 aromatic heterocycles. The fourth-order valence-corrected chi connectivity index (χ4v) is 2.20. The number of aliphatic hydroxyl groups is 4. The molecule has 1 heterocycles. The highest BCUT2D eigenvalue weighted by atomic mass is 16.6. The summed E-state index contributed by atoms with van der Waals surface area (Å²) in [5.74, 6) is 0. The number of rotatable bonds is 4. The number of nitrogens with zero attached hydrogens (tertiary/aromatic N) is 1. The molecule has 0 spiro atoms. The van der Waals surface area contributed by atoms with E-state index < -0.39 is 42.2 Å². The second-order valence-electron chi connectivity index (χ2n) is 4.92. The van der Waals surface area contributed by atoms with Gasteiger partial charge in [0.05, 0.1) is 11.5 Å². The summed E-state index contributed by atoms with van der Waals surface area (Å²) in [5.41, 5.74) is 5.51. The Kier molecular flexibility index (Phi) is 4.78. The van der Waals surface area contributed by atoms with Crippen LogP contribution in [0.2, 0.25) is 0 Å². The maximum absolute atomic E-state index is 10.7. The number of aliphatic hydroxyl groups excluding tert-OH is 4. The standard InChI is InChI=1S/C12H17N3O7/c13-6-3-5(1-2-7(6)15(20)21)14-12-11(19)10(18)9(17)8(4-16)22-12/h1-3,8-12,14,16-19H,4,13H2/t8-,9+,10+,11-,12+/m0/s1. The van der Waals surface area contributed by atoms with Gasteiger partial charge in [0.15, 0.2) is 6.23 Å². The molecule has 0 radical (unpaired) electrons. The summed E-state index contributed by atoms with van der Waals surface area (Å²) in [6.07, 6.45) is -6.62. The van der Waals surface area contributed by atoms with Crippen molar-refractivity contribution in [3.05, 3.63) is 28.3 Å². The van der Waals surface area contributed by atoms with Crippen molar-refractivity contribution in [2.24, 2.45) is 0 Å². The lowest BCUT2D eigenvalue weighted by Crippen LogP contribution is -2.60. The van der Waals surface area contributed by atoms with Crippen LogP contribution in [-0.2, 0) is 4.74 Å². The van der Waals surface area contributed by atoms with Crippen molar-refractivity contribution in [1.82, 2.24) is 0 Å². The highest BCUT2D eigenvalue weighted by molar-refractivity contribution is 5.66. The Morgan fingerprint density at radius 1 is 1.27 bits per heavy atom. The number of nitrogen functional groups attached to an aromatic ring is 1. The van der Waals surface area contributed by atoms with E-state index in [0.29, 0.717) is 5.69 Å². The molecule has 1 saturated heterocycles. The smallest absolute Gasteiger partial charge is 0.292 e. The van der Waals surface area contributed by atoms with E-state index in [9.17, 15) is 25.4 Å². The monoisotopic (exact) mass is 315 g/mol. The Morgan fingerprint density at radius 3 is 2.50 bits per heavy atom. The van der Waals surface area contributed by atoms with Gasteiger partial charge in [-0.25, -0.2) is 0 Å². The highest BCUT2D eigenvalue weighted by Crippen LogP contribution is 2.27. The molecule has 1 fully saturated rings. The van der Waals surface area contributed by atoms with Crippen molar-refractivity contribution in [1.29, 1.82) is 0 Å². The fraction of sp³-hybridized carbons (Fsp3) is 0.500. The number of nitrogens with two attached hydrogens (primary N) is 1. The molecule has 7 N–H and O–H groups in total. The van der Waals surface area contributed by atoms with E-state index in [2.05, 4.69) is 5.32 Å². The molecule has 22 heavy (non-hydrogen) atoms. The molecule has 1 aliphatic heterocycles. The topological polar surface area (TPSA) is 171 Å². The van der Waals surface area contributed by atoms with Gasteiger partial charge < -0.3 is 36.2 Å². The van der Waals surface area contributed by atoms with Crippen LogP contribution in [0.1, 0.15) is 0 Å². The molecule has 0 aliphatic carbocycles. The first-order valence-electron chi connectivity index (χ1n) is 6.46. The van der Waals surface area contributed by atoms with Crippen LogP contribution in [0.3, 0.4) is 0 Å². The minimum Gasteiger partial charge on any atom is -0.394 e. The van der Waals surface area contributed by atoms with Gasteiger partial charge >= 0.3 is 0 Å². The quantitative estimate of drug-likeness (QED) is 0.217. The molecular weight excluding hydrogens is 298 g/mol. The minimum absolute atomic E-state index is 0.0837. The Bertz CT molecular complexity index is 554. The van der Waals surface area contributed by atoms with Crippen molar-refractivity contribution >= 4 is 17.1 Å². The number of nitro benzene ring substituents is 1. The predicted octanol–water partition coefficient (Wildman–Crippen LogP) is -1.61. The Balaban J connectivity index is 2.15. The van der Waals surface area contributed by atoms with E-state index >= 15 is 0 Å². The number of hydrogen-bond donors (Lipinski definition) is 6. The van der Waals surface area contributed by atoms with Gasteiger partial charge in [0.1, 0.15) is 30.1 Å². The van der Waals surface area contributed by atoms with Crippen LogP contribution < -0.4 is 11.1 Å². The van der Waals surface area contributed by atoms with Crippen molar-refractivity contribution in [3.8, 4) is 0 Å². The molecule has 1 aromatic rings. The zero-order valence-corrected chi connectivity index (χ0v) is 11.4. The minimum atomic E-state index is -1.52. The first-order valence-corrected chi connectivity index (χ1v) is 6.46. The van der Waals surface area contributed by atoms with Gasteiger partial charge in [-0.05, 0) is 12.1 Å². The highest BCUT2D eigenvalue weighted by Gasteiger charge is 2.43. The van der Waals surface area contributed by atoms with Crippen LogP contribution in [0, 0.1) is 10.1 Å². The second kappa shape index (κ2) is 6.42. The average Bonchev–Trinajstić information content (AvgIpc) is 2.47. The van der Waals surface area contributed by atoms with Crippen LogP contribution >= 0.6 is 0 Å². The van der Waals surface area contributed by atoms with Gasteiger partial charge in [-0.2, -0.15) is 0 Å². The van der Waals surface area contributed by atoms with Gasteiger partial charge in [0, 0.05) is 11.8 Å². The van der Waals surface area contributed by atoms with Crippen LogP contribution in [-0.4, -0.2) is 62.6 Å². The van der Waals surface area contributed by atoms with Gasteiger partial charge in [-0.3, -0.25) is 10.1 Å². The fourth-order valence-electron chi connectivity index (χ4n) is 2.20. The van der Waals surface area contributed by atoms with Crippen molar-refractivity contribution in [3.63, 3.8) is 0 Å². The molecule has 10 heteroatoms. The zero-order valence-electron chi connectivity index (χ0n) is 11.4. The summed E-state index contributed by atoms with van der Waals surface area (Å²) in [7, 11) is 0. The summed E-state index contributed by atoms with van der Waals surface area (Å²) in [6, 6.07) is 3.82. The Hall–Kier alpha value is -1.98.